The van der Waals surface area contributed by atoms with E-state index < -0.39 is 41.1 Å². The Kier molecular flexibility index (Phi) is 4.96. The number of carbonyl (C=O) groups excluding carboxylic acids is 4. The van der Waals surface area contributed by atoms with Crippen LogP contribution in [-0.2, 0) is 29.5 Å². The Morgan fingerprint density at radius 3 is 2.76 bits per heavy atom. The SMILES string of the molecule is COCCCN1C(=O)[C@@H]2[C@H](CC(N)=O)N[C@]3(C(=O)Nc4ccc(Br)cc43)[C@@H]2C1=O. The number of amides is 4. The topological polar surface area (TPSA) is 131 Å². The van der Waals surface area contributed by atoms with Gasteiger partial charge in [-0.25, -0.2) is 0 Å². The van der Waals surface area contributed by atoms with Crippen molar-refractivity contribution >= 4 is 45.2 Å². The summed E-state index contributed by atoms with van der Waals surface area (Å²) in [5, 5.41) is 5.96. The van der Waals surface area contributed by atoms with Crippen LogP contribution in [0, 0.1) is 11.8 Å². The largest absolute Gasteiger partial charge is 0.385 e. The third-order valence-electron chi connectivity index (χ3n) is 5.92. The van der Waals surface area contributed by atoms with Crippen molar-refractivity contribution in [2.75, 3.05) is 25.6 Å². The highest BCUT2D eigenvalue weighted by molar-refractivity contribution is 9.10. The number of likely N-dealkylation sites (tertiary alicyclic amines) is 1. The Morgan fingerprint density at radius 1 is 1.31 bits per heavy atom. The van der Waals surface area contributed by atoms with Gasteiger partial charge < -0.3 is 15.8 Å². The average molecular weight is 465 g/mol. The van der Waals surface area contributed by atoms with Gasteiger partial charge >= 0.3 is 0 Å². The normalized spacial score (nSPS) is 30.1. The van der Waals surface area contributed by atoms with Crippen LogP contribution in [-0.4, -0.2) is 54.8 Å². The first-order valence-corrected chi connectivity index (χ1v) is 10.1. The molecule has 4 N–H and O–H groups in total. The number of nitrogens with one attached hydrogen (secondary N) is 2. The maximum Gasteiger partial charge on any atom is 0.250 e. The molecule has 10 heteroatoms. The fraction of sp³-hybridized carbons (Fsp3) is 0.474. The number of primary amides is 1. The summed E-state index contributed by atoms with van der Waals surface area (Å²) in [5.41, 5.74) is 5.12. The maximum atomic E-state index is 13.3. The summed E-state index contributed by atoms with van der Waals surface area (Å²) in [7, 11) is 1.54. The average Bonchev–Trinajstić information content (AvgIpc) is 3.22. The van der Waals surface area contributed by atoms with Crippen molar-refractivity contribution in [3.8, 4) is 0 Å². The van der Waals surface area contributed by atoms with E-state index >= 15 is 0 Å². The summed E-state index contributed by atoms with van der Waals surface area (Å²) < 4.78 is 5.75. The molecule has 0 aliphatic carbocycles. The lowest BCUT2D eigenvalue weighted by atomic mass is 9.76. The quantitative estimate of drug-likeness (QED) is 0.403. The zero-order valence-corrected chi connectivity index (χ0v) is 17.3. The summed E-state index contributed by atoms with van der Waals surface area (Å²) in [6.07, 6.45) is 0.340. The van der Waals surface area contributed by atoms with Crippen molar-refractivity contribution in [1.29, 1.82) is 0 Å². The number of nitrogens with two attached hydrogens (primary N) is 1. The van der Waals surface area contributed by atoms with Gasteiger partial charge in [0, 0.05) is 48.4 Å². The van der Waals surface area contributed by atoms with E-state index in [4.69, 9.17) is 10.5 Å². The van der Waals surface area contributed by atoms with Crippen LogP contribution in [0.1, 0.15) is 18.4 Å². The molecule has 3 aliphatic heterocycles. The standard InChI is InChI=1S/C19H21BrN4O5/c1-29-6-2-5-24-16(26)14-12(8-13(21)25)23-19(15(14)17(24)27)10-7-9(20)3-4-11(10)22-18(19)28/h3-4,7,12,14-15,23H,2,5-6,8H2,1H3,(H2,21,25)(H,22,28)/t12-,14+,15-,19-/m0/s1. The Bertz CT molecular complexity index is 922. The molecule has 2 fully saturated rings. The van der Waals surface area contributed by atoms with Crippen molar-refractivity contribution in [3.63, 3.8) is 0 Å². The molecule has 0 saturated carbocycles. The molecular formula is C19H21BrN4O5. The van der Waals surface area contributed by atoms with Crippen LogP contribution >= 0.6 is 15.9 Å². The van der Waals surface area contributed by atoms with E-state index in [1.807, 2.05) is 0 Å². The molecule has 29 heavy (non-hydrogen) atoms. The third kappa shape index (κ3) is 2.89. The molecule has 0 unspecified atom stereocenters. The first-order valence-electron chi connectivity index (χ1n) is 9.33. The van der Waals surface area contributed by atoms with E-state index in [-0.39, 0.29) is 18.9 Å². The number of imide groups is 1. The molecule has 2 saturated heterocycles. The van der Waals surface area contributed by atoms with Crippen LogP contribution in [0.5, 0.6) is 0 Å². The van der Waals surface area contributed by atoms with Crippen LogP contribution in [0.25, 0.3) is 0 Å². The molecule has 1 spiro atoms. The number of anilines is 1. The Hall–Kier alpha value is -2.30. The van der Waals surface area contributed by atoms with Crippen LogP contribution < -0.4 is 16.4 Å². The number of fused-ring (bicyclic) bond motifs is 4. The molecule has 1 aromatic rings. The summed E-state index contributed by atoms with van der Waals surface area (Å²) in [6.45, 7) is 0.599. The zero-order valence-electron chi connectivity index (χ0n) is 15.7. The lowest BCUT2D eigenvalue weighted by Crippen LogP contribution is -2.53. The lowest BCUT2D eigenvalue weighted by molar-refractivity contribution is -0.143. The number of carbonyl (C=O) groups is 4. The van der Waals surface area contributed by atoms with Crippen LogP contribution in [0.15, 0.2) is 22.7 Å². The van der Waals surface area contributed by atoms with Gasteiger partial charge in [-0.15, -0.1) is 0 Å². The first-order chi connectivity index (χ1) is 13.8. The number of ether oxygens (including phenoxy) is 1. The Labute approximate surface area is 175 Å². The number of nitrogens with zero attached hydrogens (tertiary/aromatic N) is 1. The van der Waals surface area contributed by atoms with Crippen molar-refractivity contribution in [2.45, 2.75) is 24.4 Å². The molecule has 3 aliphatic rings. The monoisotopic (exact) mass is 464 g/mol. The molecule has 0 bridgehead atoms. The second-order valence-corrected chi connectivity index (χ2v) is 8.47. The molecule has 3 heterocycles. The molecule has 0 aromatic heterocycles. The van der Waals surface area contributed by atoms with Gasteiger partial charge in [-0.3, -0.25) is 29.4 Å². The summed E-state index contributed by atoms with van der Waals surface area (Å²) >= 11 is 3.41. The van der Waals surface area contributed by atoms with Gasteiger partial charge in [0.1, 0.15) is 5.54 Å². The fourth-order valence-electron chi connectivity index (χ4n) is 4.81. The van der Waals surface area contributed by atoms with Gasteiger partial charge in [-0.05, 0) is 24.6 Å². The summed E-state index contributed by atoms with van der Waals surface area (Å²) in [6, 6.07) is 4.57. The minimum absolute atomic E-state index is 0.148. The third-order valence-corrected chi connectivity index (χ3v) is 6.41. The van der Waals surface area contributed by atoms with E-state index in [9.17, 15) is 19.2 Å². The Balaban J connectivity index is 1.80. The number of rotatable bonds is 6. The van der Waals surface area contributed by atoms with E-state index in [1.165, 1.54) is 4.90 Å². The lowest BCUT2D eigenvalue weighted by Gasteiger charge is -2.29. The van der Waals surface area contributed by atoms with E-state index in [2.05, 4.69) is 26.6 Å². The van der Waals surface area contributed by atoms with Gasteiger partial charge in [0.2, 0.25) is 23.6 Å². The number of methoxy groups -OCH3 is 1. The summed E-state index contributed by atoms with van der Waals surface area (Å²) in [5.74, 6) is -3.61. The van der Waals surface area contributed by atoms with Crippen molar-refractivity contribution in [3.05, 3.63) is 28.2 Å². The van der Waals surface area contributed by atoms with Crippen LogP contribution in [0.3, 0.4) is 0 Å². The summed E-state index contributed by atoms with van der Waals surface area (Å²) in [4.78, 5) is 52.5. The highest BCUT2D eigenvalue weighted by atomic mass is 79.9. The smallest absolute Gasteiger partial charge is 0.250 e. The molecule has 4 atom stereocenters. The van der Waals surface area contributed by atoms with Gasteiger partial charge in [-0.2, -0.15) is 0 Å². The van der Waals surface area contributed by atoms with Crippen molar-refractivity contribution in [1.82, 2.24) is 10.2 Å². The minimum Gasteiger partial charge on any atom is -0.385 e. The molecule has 9 nitrogen and oxygen atoms in total. The van der Waals surface area contributed by atoms with E-state index in [0.29, 0.717) is 24.3 Å². The second-order valence-electron chi connectivity index (χ2n) is 7.55. The van der Waals surface area contributed by atoms with Crippen molar-refractivity contribution in [2.24, 2.45) is 17.6 Å². The predicted molar refractivity (Wildman–Crippen MR) is 105 cm³/mol. The van der Waals surface area contributed by atoms with Crippen molar-refractivity contribution < 1.29 is 23.9 Å². The van der Waals surface area contributed by atoms with Gasteiger partial charge in [0.25, 0.3) is 0 Å². The highest BCUT2D eigenvalue weighted by Crippen LogP contribution is 2.53. The predicted octanol–water partition coefficient (Wildman–Crippen LogP) is 0.0814. The molecule has 0 radical (unpaired) electrons. The molecular weight excluding hydrogens is 444 g/mol. The van der Waals surface area contributed by atoms with E-state index in [1.54, 1.807) is 25.3 Å². The molecule has 1 aromatic carbocycles. The maximum absolute atomic E-state index is 13.3. The fourth-order valence-corrected chi connectivity index (χ4v) is 5.17. The Morgan fingerprint density at radius 2 is 2.07 bits per heavy atom. The molecule has 4 amide bonds. The highest BCUT2D eigenvalue weighted by Gasteiger charge is 2.70. The minimum atomic E-state index is -1.42. The van der Waals surface area contributed by atoms with Gasteiger partial charge in [0.15, 0.2) is 0 Å². The molecule has 4 rings (SSSR count). The van der Waals surface area contributed by atoms with Crippen LogP contribution in [0.4, 0.5) is 5.69 Å². The number of halogens is 1. The van der Waals surface area contributed by atoms with Crippen LogP contribution in [0.2, 0.25) is 0 Å². The van der Waals surface area contributed by atoms with Gasteiger partial charge in [0.05, 0.1) is 11.8 Å². The first kappa shape index (κ1) is 20.0. The zero-order chi connectivity index (χ0) is 20.9. The van der Waals surface area contributed by atoms with E-state index in [0.717, 1.165) is 4.47 Å². The molecule has 154 valence electrons. The number of hydrogen-bond acceptors (Lipinski definition) is 6. The number of benzene rings is 1. The second kappa shape index (κ2) is 7.19. The van der Waals surface area contributed by atoms with Gasteiger partial charge in [-0.1, -0.05) is 15.9 Å². The number of hydrogen-bond donors (Lipinski definition) is 3.